The smallest absolute Gasteiger partial charge is 0.257 e. The average Bonchev–Trinajstić information content (AvgIpc) is 3.16. The third kappa shape index (κ3) is 3.62. The van der Waals surface area contributed by atoms with E-state index in [0.717, 1.165) is 36.3 Å². The number of ether oxygens (including phenoxy) is 1. The van der Waals surface area contributed by atoms with Gasteiger partial charge < -0.3 is 14.5 Å². The predicted octanol–water partition coefficient (Wildman–Crippen LogP) is 3.83. The van der Waals surface area contributed by atoms with Crippen molar-refractivity contribution >= 4 is 23.6 Å². The van der Waals surface area contributed by atoms with Crippen LogP contribution in [0.4, 0.5) is 0 Å². The molecule has 5 nitrogen and oxygen atoms in total. The number of hydrogen-bond donors (Lipinski definition) is 0. The maximum absolute atomic E-state index is 13.3. The molecule has 0 aromatic heterocycles. The van der Waals surface area contributed by atoms with E-state index in [2.05, 4.69) is 0 Å². The SMILES string of the molecule is COc1ccccc1C(=O)N1CCC2(CC1)SCCN2C(=O)c1ccccc1C. The molecule has 152 valence electrons. The van der Waals surface area contributed by atoms with E-state index in [-0.39, 0.29) is 16.7 Å². The number of nitrogens with zero attached hydrogens (tertiary/aromatic N) is 2. The summed E-state index contributed by atoms with van der Waals surface area (Å²) >= 11 is 1.86. The molecular weight excluding hydrogens is 384 g/mol. The number of piperidine rings is 1. The van der Waals surface area contributed by atoms with Crippen LogP contribution in [0.25, 0.3) is 0 Å². The van der Waals surface area contributed by atoms with Gasteiger partial charge in [-0.3, -0.25) is 9.59 Å². The first-order chi connectivity index (χ1) is 14.1. The van der Waals surface area contributed by atoms with Crippen LogP contribution in [0.5, 0.6) is 5.75 Å². The van der Waals surface area contributed by atoms with E-state index in [1.807, 2.05) is 77.0 Å². The van der Waals surface area contributed by atoms with Crippen LogP contribution in [-0.2, 0) is 0 Å². The monoisotopic (exact) mass is 410 g/mol. The van der Waals surface area contributed by atoms with Gasteiger partial charge in [0.25, 0.3) is 11.8 Å². The lowest BCUT2D eigenvalue weighted by Gasteiger charge is -2.44. The molecule has 0 aliphatic carbocycles. The highest BCUT2D eigenvalue weighted by Crippen LogP contribution is 2.45. The summed E-state index contributed by atoms with van der Waals surface area (Å²) in [6.45, 7) is 4.03. The van der Waals surface area contributed by atoms with Crippen LogP contribution in [-0.4, -0.2) is 59.0 Å². The van der Waals surface area contributed by atoms with E-state index in [0.29, 0.717) is 24.4 Å². The number of amides is 2. The molecule has 0 bridgehead atoms. The Hall–Kier alpha value is -2.47. The minimum absolute atomic E-state index is 0.00271. The highest BCUT2D eigenvalue weighted by atomic mass is 32.2. The summed E-state index contributed by atoms with van der Waals surface area (Å²) < 4.78 is 5.35. The van der Waals surface area contributed by atoms with Gasteiger partial charge in [0, 0.05) is 31.0 Å². The molecule has 2 fully saturated rings. The van der Waals surface area contributed by atoms with Crippen LogP contribution in [0, 0.1) is 6.92 Å². The maximum Gasteiger partial charge on any atom is 0.257 e. The van der Waals surface area contributed by atoms with Gasteiger partial charge in [-0.25, -0.2) is 0 Å². The largest absolute Gasteiger partial charge is 0.496 e. The Balaban J connectivity index is 1.50. The topological polar surface area (TPSA) is 49.9 Å². The molecule has 2 aromatic carbocycles. The standard InChI is InChI=1S/C23H26N2O3S/c1-17-7-3-4-8-18(17)22(27)25-15-16-29-23(25)11-13-24(14-12-23)21(26)19-9-5-6-10-20(19)28-2/h3-10H,11-16H2,1-2H3. The van der Waals surface area contributed by atoms with E-state index >= 15 is 0 Å². The number of hydrogen-bond acceptors (Lipinski definition) is 4. The second-order valence-corrected chi connectivity index (χ2v) is 9.02. The Kier molecular flexibility index (Phi) is 5.54. The van der Waals surface area contributed by atoms with Crippen molar-refractivity contribution in [3.63, 3.8) is 0 Å². The van der Waals surface area contributed by atoms with Gasteiger partial charge >= 0.3 is 0 Å². The van der Waals surface area contributed by atoms with Crippen molar-refractivity contribution in [2.24, 2.45) is 0 Å². The summed E-state index contributed by atoms with van der Waals surface area (Å²) in [5, 5.41) is 0. The van der Waals surface area contributed by atoms with Gasteiger partial charge in [0.05, 0.1) is 17.5 Å². The molecule has 2 aliphatic heterocycles. The van der Waals surface area contributed by atoms with Crippen LogP contribution >= 0.6 is 11.8 Å². The molecule has 29 heavy (non-hydrogen) atoms. The predicted molar refractivity (Wildman–Crippen MR) is 116 cm³/mol. The molecule has 0 saturated carbocycles. The molecule has 0 radical (unpaired) electrons. The van der Waals surface area contributed by atoms with Crippen molar-refractivity contribution in [1.82, 2.24) is 9.80 Å². The second kappa shape index (κ2) is 8.11. The molecule has 2 aliphatic rings. The first-order valence-corrected chi connectivity index (χ1v) is 11.0. The van der Waals surface area contributed by atoms with Crippen LogP contribution in [0.15, 0.2) is 48.5 Å². The van der Waals surface area contributed by atoms with Crippen LogP contribution in [0.3, 0.4) is 0 Å². The fourth-order valence-electron chi connectivity index (χ4n) is 4.32. The summed E-state index contributed by atoms with van der Waals surface area (Å²) in [7, 11) is 1.58. The summed E-state index contributed by atoms with van der Waals surface area (Å²) in [5.41, 5.74) is 2.38. The van der Waals surface area contributed by atoms with E-state index in [1.165, 1.54) is 0 Å². The van der Waals surface area contributed by atoms with Gasteiger partial charge in [-0.2, -0.15) is 0 Å². The van der Waals surface area contributed by atoms with Crippen LogP contribution in [0.1, 0.15) is 39.1 Å². The van der Waals surface area contributed by atoms with E-state index in [9.17, 15) is 9.59 Å². The minimum atomic E-state index is -0.211. The molecule has 2 heterocycles. The average molecular weight is 411 g/mol. The van der Waals surface area contributed by atoms with Crippen molar-refractivity contribution in [2.45, 2.75) is 24.6 Å². The number of carbonyl (C=O) groups excluding carboxylic acids is 2. The van der Waals surface area contributed by atoms with Gasteiger partial charge in [-0.05, 0) is 43.5 Å². The maximum atomic E-state index is 13.3. The van der Waals surface area contributed by atoms with Gasteiger partial charge in [0.2, 0.25) is 0 Å². The summed E-state index contributed by atoms with van der Waals surface area (Å²) in [6, 6.07) is 15.1. The Morgan fingerprint density at radius 2 is 1.59 bits per heavy atom. The highest BCUT2D eigenvalue weighted by molar-refractivity contribution is 8.00. The van der Waals surface area contributed by atoms with E-state index in [1.54, 1.807) is 7.11 Å². The second-order valence-electron chi connectivity index (χ2n) is 7.56. The lowest BCUT2D eigenvalue weighted by Crippen LogP contribution is -2.53. The fraction of sp³-hybridized carbons (Fsp3) is 0.391. The minimum Gasteiger partial charge on any atom is -0.496 e. The fourth-order valence-corrected chi connectivity index (χ4v) is 5.77. The first kappa shape index (κ1) is 19.8. The Labute approximate surface area is 176 Å². The number of rotatable bonds is 3. The van der Waals surface area contributed by atoms with Crippen LogP contribution in [0.2, 0.25) is 0 Å². The number of carbonyl (C=O) groups is 2. The number of aryl methyl sites for hydroxylation is 1. The third-order valence-corrected chi connectivity index (χ3v) is 7.52. The van der Waals surface area contributed by atoms with Crippen LogP contribution < -0.4 is 4.74 Å². The highest BCUT2D eigenvalue weighted by Gasteiger charge is 2.47. The number of benzene rings is 2. The van der Waals surface area contributed by atoms with Gasteiger partial charge in [-0.1, -0.05) is 30.3 Å². The van der Waals surface area contributed by atoms with Crippen molar-refractivity contribution in [3.8, 4) is 5.75 Å². The summed E-state index contributed by atoms with van der Waals surface area (Å²) in [5.74, 6) is 1.65. The number of para-hydroxylation sites is 1. The molecule has 0 N–H and O–H groups in total. The van der Waals surface area contributed by atoms with Crippen molar-refractivity contribution < 1.29 is 14.3 Å². The first-order valence-electron chi connectivity index (χ1n) is 9.99. The lowest BCUT2D eigenvalue weighted by atomic mass is 9.99. The molecule has 6 heteroatoms. The summed E-state index contributed by atoms with van der Waals surface area (Å²) in [4.78, 5) is 30.0. The third-order valence-electron chi connectivity index (χ3n) is 5.97. The van der Waals surface area contributed by atoms with E-state index < -0.39 is 0 Å². The van der Waals surface area contributed by atoms with Crippen molar-refractivity contribution in [1.29, 1.82) is 0 Å². The molecular formula is C23H26N2O3S. The number of thioether (sulfide) groups is 1. The number of methoxy groups -OCH3 is 1. The Morgan fingerprint density at radius 1 is 0.931 bits per heavy atom. The molecule has 0 atom stereocenters. The van der Waals surface area contributed by atoms with Crippen molar-refractivity contribution in [3.05, 3.63) is 65.2 Å². The Morgan fingerprint density at radius 3 is 2.28 bits per heavy atom. The normalized spacial score (nSPS) is 18.1. The Bertz CT molecular complexity index is 922. The molecule has 2 saturated heterocycles. The lowest BCUT2D eigenvalue weighted by molar-refractivity contribution is 0.0496. The quantitative estimate of drug-likeness (QED) is 0.772. The van der Waals surface area contributed by atoms with Gasteiger partial charge in [-0.15, -0.1) is 11.8 Å². The van der Waals surface area contributed by atoms with Gasteiger partial charge in [0.15, 0.2) is 0 Å². The van der Waals surface area contributed by atoms with Gasteiger partial charge in [0.1, 0.15) is 5.75 Å². The number of likely N-dealkylation sites (tertiary alicyclic amines) is 1. The zero-order valence-corrected chi connectivity index (χ0v) is 17.7. The summed E-state index contributed by atoms with van der Waals surface area (Å²) in [6.07, 6.45) is 1.58. The molecule has 2 amide bonds. The zero-order valence-electron chi connectivity index (χ0n) is 16.9. The molecule has 2 aromatic rings. The van der Waals surface area contributed by atoms with Crippen molar-refractivity contribution in [2.75, 3.05) is 32.5 Å². The zero-order chi connectivity index (χ0) is 20.4. The molecule has 1 spiro atoms. The molecule has 4 rings (SSSR count). The molecule has 0 unspecified atom stereocenters. The van der Waals surface area contributed by atoms with E-state index in [4.69, 9.17) is 4.74 Å².